The van der Waals surface area contributed by atoms with Crippen LogP contribution in [0.4, 0.5) is 0 Å². The largest absolute Gasteiger partial charge is 0.378 e. The van der Waals surface area contributed by atoms with Crippen molar-refractivity contribution >= 4 is 11.8 Å². The first-order valence-electron chi connectivity index (χ1n) is 5.82. The fraction of sp³-hybridized carbons (Fsp3) is 0.818. The van der Waals surface area contributed by atoms with Crippen LogP contribution in [-0.2, 0) is 14.3 Å². The molecular formula is C11H21N3O3. The second-order valence-electron chi connectivity index (χ2n) is 4.33. The Morgan fingerprint density at radius 1 is 1.35 bits per heavy atom. The number of nitrogens with zero attached hydrogens (tertiary/aromatic N) is 2. The van der Waals surface area contributed by atoms with E-state index in [2.05, 4.69) is 5.32 Å². The van der Waals surface area contributed by atoms with E-state index < -0.39 is 0 Å². The lowest BCUT2D eigenvalue weighted by molar-refractivity contribution is -0.135. The highest BCUT2D eigenvalue weighted by Gasteiger charge is 2.19. The molecule has 17 heavy (non-hydrogen) atoms. The monoisotopic (exact) mass is 243 g/mol. The maximum atomic E-state index is 11.8. The SMILES string of the molecule is CC(NCC(=O)N1CCOCC1)C(=O)N(C)C. The molecule has 0 aromatic heterocycles. The van der Waals surface area contributed by atoms with Crippen molar-refractivity contribution < 1.29 is 14.3 Å². The second-order valence-corrected chi connectivity index (χ2v) is 4.33. The maximum absolute atomic E-state index is 11.8. The molecule has 0 saturated carbocycles. The molecule has 0 radical (unpaired) electrons. The van der Waals surface area contributed by atoms with Crippen LogP contribution in [0, 0.1) is 0 Å². The average molecular weight is 243 g/mol. The third-order valence-electron chi connectivity index (χ3n) is 2.73. The molecule has 1 atom stereocenters. The lowest BCUT2D eigenvalue weighted by Crippen LogP contribution is -2.49. The van der Waals surface area contributed by atoms with E-state index in [4.69, 9.17) is 4.74 Å². The van der Waals surface area contributed by atoms with E-state index in [1.165, 1.54) is 4.90 Å². The van der Waals surface area contributed by atoms with Crippen LogP contribution in [0.5, 0.6) is 0 Å². The summed E-state index contributed by atoms with van der Waals surface area (Å²) < 4.78 is 5.17. The van der Waals surface area contributed by atoms with Crippen molar-refractivity contribution in [3.63, 3.8) is 0 Å². The molecule has 2 amide bonds. The van der Waals surface area contributed by atoms with Crippen LogP contribution in [-0.4, -0.2) is 74.6 Å². The van der Waals surface area contributed by atoms with Gasteiger partial charge in [0.1, 0.15) is 0 Å². The summed E-state index contributed by atoms with van der Waals surface area (Å²) in [5.41, 5.74) is 0. The fourth-order valence-electron chi connectivity index (χ4n) is 1.64. The van der Waals surface area contributed by atoms with Gasteiger partial charge < -0.3 is 14.5 Å². The van der Waals surface area contributed by atoms with Gasteiger partial charge >= 0.3 is 0 Å². The zero-order valence-corrected chi connectivity index (χ0v) is 10.7. The Labute approximate surface area is 102 Å². The molecule has 1 aliphatic heterocycles. The van der Waals surface area contributed by atoms with Gasteiger partial charge in [-0.05, 0) is 6.92 Å². The van der Waals surface area contributed by atoms with Crippen LogP contribution in [0.15, 0.2) is 0 Å². The number of ether oxygens (including phenoxy) is 1. The zero-order valence-electron chi connectivity index (χ0n) is 10.7. The summed E-state index contributed by atoms with van der Waals surface area (Å²) in [7, 11) is 3.40. The number of nitrogens with one attached hydrogen (secondary N) is 1. The van der Waals surface area contributed by atoms with Gasteiger partial charge in [0.05, 0.1) is 25.8 Å². The molecule has 1 fully saturated rings. The van der Waals surface area contributed by atoms with E-state index in [1.54, 1.807) is 25.9 Å². The first-order valence-corrected chi connectivity index (χ1v) is 5.82. The number of carbonyl (C=O) groups is 2. The second kappa shape index (κ2) is 6.56. The average Bonchev–Trinajstić information content (AvgIpc) is 2.35. The van der Waals surface area contributed by atoms with E-state index in [0.29, 0.717) is 26.3 Å². The molecule has 98 valence electrons. The van der Waals surface area contributed by atoms with Crippen LogP contribution < -0.4 is 5.32 Å². The predicted octanol–water partition coefficient (Wildman–Crippen LogP) is -1.09. The summed E-state index contributed by atoms with van der Waals surface area (Å²) in [4.78, 5) is 26.6. The highest BCUT2D eigenvalue weighted by molar-refractivity contribution is 5.83. The lowest BCUT2D eigenvalue weighted by Gasteiger charge is -2.27. The van der Waals surface area contributed by atoms with Crippen molar-refractivity contribution in [1.82, 2.24) is 15.1 Å². The molecule has 6 nitrogen and oxygen atoms in total. The van der Waals surface area contributed by atoms with Gasteiger partial charge in [0.15, 0.2) is 0 Å². The molecule has 0 bridgehead atoms. The molecule has 1 aliphatic rings. The van der Waals surface area contributed by atoms with Crippen LogP contribution in [0.25, 0.3) is 0 Å². The van der Waals surface area contributed by atoms with Gasteiger partial charge in [-0.25, -0.2) is 0 Å². The number of morpholine rings is 1. The standard InChI is InChI=1S/C11H21N3O3/c1-9(11(16)13(2)3)12-8-10(15)14-4-6-17-7-5-14/h9,12H,4-8H2,1-3H3. The lowest BCUT2D eigenvalue weighted by atomic mass is 10.3. The Kier molecular flexibility index (Phi) is 5.37. The topological polar surface area (TPSA) is 61.9 Å². The minimum Gasteiger partial charge on any atom is -0.378 e. The van der Waals surface area contributed by atoms with Crippen molar-refractivity contribution in [1.29, 1.82) is 0 Å². The van der Waals surface area contributed by atoms with Crippen LogP contribution in [0.2, 0.25) is 0 Å². The maximum Gasteiger partial charge on any atom is 0.238 e. The first-order chi connectivity index (χ1) is 8.02. The van der Waals surface area contributed by atoms with E-state index in [0.717, 1.165) is 0 Å². The van der Waals surface area contributed by atoms with Gasteiger partial charge in [-0.15, -0.1) is 0 Å². The molecule has 0 aromatic rings. The summed E-state index contributed by atoms with van der Waals surface area (Å²) in [5, 5.41) is 2.94. The summed E-state index contributed by atoms with van der Waals surface area (Å²) in [6, 6.07) is -0.338. The van der Waals surface area contributed by atoms with Crippen LogP contribution in [0.1, 0.15) is 6.92 Å². The number of likely N-dealkylation sites (N-methyl/N-ethyl adjacent to an activating group) is 1. The third-order valence-corrected chi connectivity index (χ3v) is 2.73. The highest BCUT2D eigenvalue weighted by Crippen LogP contribution is 1.97. The van der Waals surface area contributed by atoms with Crippen molar-refractivity contribution in [3.8, 4) is 0 Å². The minimum absolute atomic E-state index is 0.0201. The molecule has 0 aromatic carbocycles. The van der Waals surface area contributed by atoms with Crippen molar-refractivity contribution in [2.75, 3.05) is 46.9 Å². The Morgan fingerprint density at radius 3 is 2.47 bits per heavy atom. The predicted molar refractivity (Wildman–Crippen MR) is 63.6 cm³/mol. The van der Waals surface area contributed by atoms with E-state index in [-0.39, 0.29) is 24.4 Å². The quantitative estimate of drug-likeness (QED) is 0.681. The Bertz CT molecular complexity index is 275. The molecule has 1 saturated heterocycles. The van der Waals surface area contributed by atoms with Crippen LogP contribution in [0.3, 0.4) is 0 Å². The number of hydrogen-bond donors (Lipinski definition) is 1. The smallest absolute Gasteiger partial charge is 0.238 e. The van der Waals surface area contributed by atoms with E-state index in [9.17, 15) is 9.59 Å². The van der Waals surface area contributed by atoms with Crippen LogP contribution >= 0.6 is 0 Å². The number of hydrogen-bond acceptors (Lipinski definition) is 4. The number of rotatable bonds is 4. The molecule has 1 heterocycles. The number of carbonyl (C=O) groups excluding carboxylic acids is 2. The van der Waals surface area contributed by atoms with Gasteiger partial charge in [-0.1, -0.05) is 0 Å². The van der Waals surface area contributed by atoms with Gasteiger partial charge in [0.2, 0.25) is 11.8 Å². The van der Waals surface area contributed by atoms with E-state index in [1.807, 2.05) is 0 Å². The minimum atomic E-state index is -0.338. The molecule has 1 unspecified atom stereocenters. The molecule has 0 aliphatic carbocycles. The molecule has 0 spiro atoms. The van der Waals surface area contributed by atoms with Gasteiger partial charge in [-0.2, -0.15) is 0 Å². The van der Waals surface area contributed by atoms with Gasteiger partial charge in [0, 0.05) is 27.2 Å². The van der Waals surface area contributed by atoms with Crippen molar-refractivity contribution in [2.45, 2.75) is 13.0 Å². The Balaban J connectivity index is 2.29. The summed E-state index contributed by atoms with van der Waals surface area (Å²) in [6.45, 7) is 4.42. The molecule has 6 heteroatoms. The van der Waals surface area contributed by atoms with Gasteiger partial charge in [-0.3, -0.25) is 14.9 Å². The Morgan fingerprint density at radius 2 is 1.94 bits per heavy atom. The first kappa shape index (κ1) is 13.9. The van der Waals surface area contributed by atoms with Crippen molar-refractivity contribution in [2.24, 2.45) is 0 Å². The molecular weight excluding hydrogens is 222 g/mol. The molecule has 1 N–H and O–H groups in total. The number of amides is 2. The highest BCUT2D eigenvalue weighted by atomic mass is 16.5. The van der Waals surface area contributed by atoms with Crippen molar-refractivity contribution in [3.05, 3.63) is 0 Å². The Hall–Kier alpha value is -1.14. The molecule has 1 rings (SSSR count). The zero-order chi connectivity index (χ0) is 12.8. The van der Waals surface area contributed by atoms with E-state index >= 15 is 0 Å². The summed E-state index contributed by atoms with van der Waals surface area (Å²) >= 11 is 0. The fourth-order valence-corrected chi connectivity index (χ4v) is 1.64. The third kappa shape index (κ3) is 4.32. The summed E-state index contributed by atoms with van der Waals surface area (Å²) in [6.07, 6.45) is 0. The summed E-state index contributed by atoms with van der Waals surface area (Å²) in [5.74, 6) is -0.00789. The normalized spacial score (nSPS) is 17.7. The van der Waals surface area contributed by atoms with Gasteiger partial charge in [0.25, 0.3) is 0 Å².